The Kier molecular flexibility index (Phi) is 5.37. The summed E-state index contributed by atoms with van der Waals surface area (Å²) in [4.78, 5) is 3.93. The third-order valence-corrected chi connectivity index (χ3v) is 5.94. The third kappa shape index (κ3) is 3.49. The van der Waals surface area contributed by atoms with Gasteiger partial charge in [-0.15, -0.1) is 11.6 Å². The highest BCUT2D eigenvalue weighted by Gasteiger charge is 2.34. The van der Waals surface area contributed by atoms with Crippen molar-refractivity contribution in [2.75, 3.05) is 19.5 Å². The van der Waals surface area contributed by atoms with Gasteiger partial charge in [0.2, 0.25) is 0 Å². The molecule has 1 aliphatic rings. The molecule has 2 rings (SSSR count). The van der Waals surface area contributed by atoms with Crippen molar-refractivity contribution in [3.05, 3.63) is 30.1 Å². The first kappa shape index (κ1) is 15.7. The molecule has 0 saturated carbocycles. The Balaban J connectivity index is 2.12. The predicted molar refractivity (Wildman–Crippen MR) is 79.7 cm³/mol. The van der Waals surface area contributed by atoms with Crippen LogP contribution in [0.3, 0.4) is 0 Å². The number of aromatic nitrogens is 1. The van der Waals surface area contributed by atoms with Gasteiger partial charge in [-0.3, -0.25) is 4.98 Å². The monoisotopic (exact) mass is 317 g/mol. The van der Waals surface area contributed by atoms with Crippen LogP contribution in [-0.4, -0.2) is 47.5 Å². The normalized spacial score (nSPS) is 21.2. The zero-order valence-electron chi connectivity index (χ0n) is 11.6. The summed E-state index contributed by atoms with van der Waals surface area (Å²) in [5.41, 5.74) is 0.922. The van der Waals surface area contributed by atoms with Gasteiger partial charge in [0, 0.05) is 44.5 Å². The second-order valence-corrected chi connectivity index (χ2v) is 7.33. The molecule has 0 spiro atoms. The van der Waals surface area contributed by atoms with Crippen LogP contribution in [0, 0.1) is 0 Å². The van der Waals surface area contributed by atoms with Crippen LogP contribution in [0.25, 0.3) is 0 Å². The fourth-order valence-corrected chi connectivity index (χ4v) is 4.43. The van der Waals surface area contributed by atoms with E-state index in [0.29, 0.717) is 19.0 Å². The van der Waals surface area contributed by atoms with Crippen molar-refractivity contribution in [1.82, 2.24) is 13.6 Å². The predicted octanol–water partition coefficient (Wildman–Crippen LogP) is 1.85. The van der Waals surface area contributed by atoms with E-state index in [4.69, 9.17) is 11.6 Å². The number of hydrogen-bond donors (Lipinski definition) is 0. The van der Waals surface area contributed by atoms with E-state index >= 15 is 0 Å². The van der Waals surface area contributed by atoms with Gasteiger partial charge in [-0.2, -0.15) is 17.0 Å². The molecule has 0 amide bonds. The maximum Gasteiger partial charge on any atom is 0.282 e. The zero-order chi connectivity index (χ0) is 14.6. The highest BCUT2D eigenvalue weighted by atomic mass is 35.5. The molecular formula is C13H20ClN3O2S. The summed E-state index contributed by atoms with van der Waals surface area (Å²) >= 11 is 5.91. The lowest BCUT2D eigenvalue weighted by molar-refractivity contribution is 0.251. The van der Waals surface area contributed by atoms with Crippen molar-refractivity contribution in [2.45, 2.75) is 31.8 Å². The molecule has 5 nitrogen and oxygen atoms in total. The van der Waals surface area contributed by atoms with Crippen molar-refractivity contribution in [1.29, 1.82) is 0 Å². The summed E-state index contributed by atoms with van der Waals surface area (Å²) in [6, 6.07) is 3.55. The van der Waals surface area contributed by atoms with Gasteiger partial charge in [0.1, 0.15) is 0 Å². The highest BCUT2D eigenvalue weighted by Crippen LogP contribution is 2.23. The number of piperidine rings is 1. The molecule has 0 N–H and O–H groups in total. The first-order chi connectivity index (χ1) is 9.55. The molecule has 0 aliphatic carbocycles. The maximum atomic E-state index is 12.6. The topological polar surface area (TPSA) is 53.5 Å². The summed E-state index contributed by atoms with van der Waals surface area (Å²) in [6.07, 6.45) is 6.11. The molecule has 0 bridgehead atoms. The number of pyridine rings is 1. The molecule has 1 atom stereocenters. The summed E-state index contributed by atoms with van der Waals surface area (Å²) in [6.45, 7) is 0.900. The van der Waals surface area contributed by atoms with Crippen LogP contribution >= 0.6 is 11.6 Å². The van der Waals surface area contributed by atoms with Crippen LogP contribution in [0.4, 0.5) is 0 Å². The molecule has 1 aromatic rings. The molecule has 0 radical (unpaired) electrons. The number of rotatable bonds is 5. The molecule has 1 unspecified atom stereocenters. The van der Waals surface area contributed by atoms with E-state index < -0.39 is 10.2 Å². The van der Waals surface area contributed by atoms with Crippen LogP contribution in [0.1, 0.15) is 24.8 Å². The highest BCUT2D eigenvalue weighted by molar-refractivity contribution is 7.86. The van der Waals surface area contributed by atoms with Gasteiger partial charge in [-0.25, -0.2) is 0 Å². The van der Waals surface area contributed by atoms with E-state index in [-0.39, 0.29) is 6.04 Å². The second-order valence-electron chi connectivity index (χ2n) is 5.03. The van der Waals surface area contributed by atoms with Crippen LogP contribution < -0.4 is 0 Å². The first-order valence-corrected chi connectivity index (χ1v) is 8.67. The van der Waals surface area contributed by atoms with Gasteiger partial charge in [0.15, 0.2) is 0 Å². The second kappa shape index (κ2) is 6.85. The third-order valence-electron chi connectivity index (χ3n) is 3.60. The number of nitrogens with zero attached hydrogens (tertiary/aromatic N) is 3. The fraction of sp³-hybridized carbons (Fsp3) is 0.615. The SMILES string of the molecule is CN(Cc1ccncc1)S(=O)(=O)N1CCCCC1CCl. The number of halogens is 1. The Morgan fingerprint density at radius 1 is 1.40 bits per heavy atom. The molecule has 1 aliphatic heterocycles. The van der Waals surface area contributed by atoms with Crippen LogP contribution in [0.2, 0.25) is 0 Å². The van der Waals surface area contributed by atoms with Crippen molar-refractivity contribution in [2.24, 2.45) is 0 Å². The van der Waals surface area contributed by atoms with Gasteiger partial charge in [0.25, 0.3) is 10.2 Å². The molecular weight excluding hydrogens is 298 g/mol. The Bertz CT molecular complexity index is 524. The standard InChI is InChI=1S/C13H20ClN3O2S/c1-16(11-12-5-7-15-8-6-12)20(18,19)17-9-3-2-4-13(17)10-14/h5-8,13H,2-4,9-11H2,1H3. The van der Waals surface area contributed by atoms with E-state index in [1.165, 1.54) is 4.31 Å². The molecule has 7 heteroatoms. The van der Waals surface area contributed by atoms with Crippen LogP contribution in [0.15, 0.2) is 24.5 Å². The summed E-state index contributed by atoms with van der Waals surface area (Å²) in [7, 11) is -1.85. The Morgan fingerprint density at radius 2 is 2.10 bits per heavy atom. The Morgan fingerprint density at radius 3 is 2.75 bits per heavy atom. The largest absolute Gasteiger partial charge is 0.282 e. The van der Waals surface area contributed by atoms with E-state index in [2.05, 4.69) is 4.98 Å². The first-order valence-electron chi connectivity index (χ1n) is 6.73. The lowest BCUT2D eigenvalue weighted by Crippen LogP contribution is -2.50. The molecule has 20 heavy (non-hydrogen) atoms. The minimum atomic E-state index is -3.46. The van der Waals surface area contributed by atoms with Crippen molar-refractivity contribution in [3.63, 3.8) is 0 Å². The van der Waals surface area contributed by atoms with E-state index in [9.17, 15) is 8.42 Å². The van der Waals surface area contributed by atoms with Crippen molar-refractivity contribution >= 4 is 21.8 Å². The maximum absolute atomic E-state index is 12.6. The molecule has 1 saturated heterocycles. The van der Waals surface area contributed by atoms with Crippen molar-refractivity contribution in [3.8, 4) is 0 Å². The van der Waals surface area contributed by atoms with Gasteiger partial charge in [0.05, 0.1) is 0 Å². The fourth-order valence-electron chi connectivity index (χ4n) is 2.44. The van der Waals surface area contributed by atoms with E-state index in [1.54, 1.807) is 23.7 Å². The van der Waals surface area contributed by atoms with Gasteiger partial charge in [-0.05, 0) is 30.5 Å². The Labute approximate surface area is 125 Å². The molecule has 1 aromatic heterocycles. The number of hydrogen-bond acceptors (Lipinski definition) is 3. The van der Waals surface area contributed by atoms with Crippen LogP contribution in [-0.2, 0) is 16.8 Å². The van der Waals surface area contributed by atoms with Crippen molar-refractivity contribution < 1.29 is 8.42 Å². The summed E-state index contributed by atoms with van der Waals surface area (Å²) < 4.78 is 28.2. The zero-order valence-corrected chi connectivity index (χ0v) is 13.1. The van der Waals surface area contributed by atoms with Gasteiger partial charge in [-0.1, -0.05) is 6.42 Å². The Hall–Kier alpha value is -0.690. The van der Waals surface area contributed by atoms with Crippen LogP contribution in [0.5, 0.6) is 0 Å². The summed E-state index contributed by atoms with van der Waals surface area (Å²) in [5, 5.41) is 0. The number of alkyl halides is 1. The molecule has 0 aromatic carbocycles. The lowest BCUT2D eigenvalue weighted by Gasteiger charge is -2.36. The average molecular weight is 318 g/mol. The molecule has 112 valence electrons. The minimum absolute atomic E-state index is 0.0877. The van der Waals surface area contributed by atoms with E-state index in [1.807, 2.05) is 12.1 Å². The summed E-state index contributed by atoms with van der Waals surface area (Å²) in [5.74, 6) is 0.350. The average Bonchev–Trinajstić information content (AvgIpc) is 2.48. The van der Waals surface area contributed by atoms with Gasteiger partial charge < -0.3 is 0 Å². The van der Waals surface area contributed by atoms with E-state index in [0.717, 1.165) is 24.8 Å². The molecule has 1 fully saturated rings. The molecule has 2 heterocycles. The smallest absolute Gasteiger partial charge is 0.265 e. The lowest BCUT2D eigenvalue weighted by atomic mass is 10.1. The van der Waals surface area contributed by atoms with Gasteiger partial charge >= 0.3 is 0 Å². The quantitative estimate of drug-likeness (QED) is 0.779. The minimum Gasteiger partial charge on any atom is -0.265 e.